The molecule has 1 aromatic rings. The van der Waals surface area contributed by atoms with E-state index >= 15 is 0 Å². The van der Waals surface area contributed by atoms with Crippen LogP contribution in [-0.4, -0.2) is 53.0 Å². The Kier molecular flexibility index (Phi) is 6.76. The van der Waals surface area contributed by atoms with Gasteiger partial charge >= 0.3 is 5.97 Å². The van der Waals surface area contributed by atoms with Crippen LogP contribution in [0.1, 0.15) is 15.9 Å². The molecule has 21 heavy (non-hydrogen) atoms. The second kappa shape index (κ2) is 8.08. The monoisotopic (exact) mass is 317 g/mol. The van der Waals surface area contributed by atoms with Crippen LogP contribution in [0.15, 0.2) is 24.3 Å². The molecule has 1 aromatic carbocycles. The lowest BCUT2D eigenvalue weighted by molar-refractivity contribution is 0.0320. The summed E-state index contributed by atoms with van der Waals surface area (Å²) in [6, 6.07) is 5.70. The first-order valence-electron chi connectivity index (χ1n) is 6.19. The van der Waals surface area contributed by atoms with E-state index in [4.69, 9.17) is 14.6 Å². The maximum Gasteiger partial charge on any atom is 0.335 e. The molecule has 0 radical (unpaired) electrons. The van der Waals surface area contributed by atoms with E-state index < -0.39 is 16.0 Å². The largest absolute Gasteiger partial charge is 0.478 e. The summed E-state index contributed by atoms with van der Waals surface area (Å²) in [6.45, 7) is 0.395. The van der Waals surface area contributed by atoms with Gasteiger partial charge < -0.3 is 14.6 Å². The van der Waals surface area contributed by atoms with Gasteiger partial charge in [0.2, 0.25) is 10.0 Å². The highest BCUT2D eigenvalue weighted by molar-refractivity contribution is 7.88. The number of aromatic carboxylic acids is 1. The Labute approximate surface area is 123 Å². The molecule has 1 rings (SSSR count). The fraction of sp³-hybridized carbons (Fsp3) is 0.462. The number of methoxy groups -OCH3 is 2. The SMILES string of the molecule is COCC(CNS(=O)(=O)Cc1ccc(C(=O)O)cc1)OC. The molecule has 0 aromatic heterocycles. The van der Waals surface area contributed by atoms with Crippen molar-refractivity contribution in [2.45, 2.75) is 11.9 Å². The van der Waals surface area contributed by atoms with E-state index in [1.165, 1.54) is 38.5 Å². The summed E-state index contributed by atoms with van der Waals surface area (Å²) < 4.78 is 36.2. The zero-order chi connectivity index (χ0) is 15.9. The first-order chi connectivity index (χ1) is 9.88. The number of hydrogen-bond acceptors (Lipinski definition) is 5. The van der Waals surface area contributed by atoms with Crippen LogP contribution in [0.5, 0.6) is 0 Å². The Morgan fingerprint density at radius 2 is 1.90 bits per heavy atom. The van der Waals surface area contributed by atoms with Crippen molar-refractivity contribution < 1.29 is 27.8 Å². The van der Waals surface area contributed by atoms with Gasteiger partial charge in [0.1, 0.15) is 0 Å². The van der Waals surface area contributed by atoms with Crippen LogP contribution in [0.2, 0.25) is 0 Å². The first kappa shape index (κ1) is 17.6. The summed E-state index contributed by atoms with van der Waals surface area (Å²) in [5.74, 6) is -1.28. The van der Waals surface area contributed by atoms with Gasteiger partial charge in [0.25, 0.3) is 0 Å². The summed E-state index contributed by atoms with van der Waals surface area (Å²) in [5, 5.41) is 8.77. The summed E-state index contributed by atoms with van der Waals surface area (Å²) in [4.78, 5) is 10.7. The molecular weight excluding hydrogens is 298 g/mol. The van der Waals surface area contributed by atoms with E-state index in [1.807, 2.05) is 0 Å². The van der Waals surface area contributed by atoms with E-state index in [2.05, 4.69) is 4.72 Å². The van der Waals surface area contributed by atoms with Crippen LogP contribution >= 0.6 is 0 Å². The van der Waals surface area contributed by atoms with Crippen LogP contribution < -0.4 is 4.72 Å². The minimum Gasteiger partial charge on any atom is -0.478 e. The molecule has 0 aliphatic rings. The fourth-order valence-corrected chi connectivity index (χ4v) is 2.80. The number of sulfonamides is 1. The van der Waals surface area contributed by atoms with Gasteiger partial charge in [0, 0.05) is 20.8 Å². The second-order valence-corrected chi connectivity index (χ2v) is 6.23. The van der Waals surface area contributed by atoms with Gasteiger partial charge in [-0.1, -0.05) is 12.1 Å². The standard InChI is InChI=1S/C13H19NO6S/c1-19-8-12(20-2)7-14-21(17,18)9-10-3-5-11(6-4-10)13(15)16/h3-6,12,14H,7-9H2,1-2H3,(H,15,16). The molecule has 7 nitrogen and oxygen atoms in total. The number of rotatable bonds is 9. The summed E-state index contributed by atoms with van der Waals surface area (Å²) in [7, 11) is -0.545. The highest BCUT2D eigenvalue weighted by atomic mass is 32.2. The van der Waals surface area contributed by atoms with Gasteiger partial charge in [-0.3, -0.25) is 0 Å². The van der Waals surface area contributed by atoms with Gasteiger partial charge in [0.05, 0.1) is 24.0 Å². The average molecular weight is 317 g/mol. The highest BCUT2D eigenvalue weighted by Gasteiger charge is 2.15. The third-order valence-electron chi connectivity index (χ3n) is 2.77. The molecule has 0 saturated heterocycles. The Bertz CT molecular complexity index is 555. The number of carbonyl (C=O) groups is 1. The van der Waals surface area contributed by atoms with Crippen molar-refractivity contribution in [1.29, 1.82) is 0 Å². The molecular formula is C13H19NO6S. The van der Waals surface area contributed by atoms with Crippen LogP contribution in [0.25, 0.3) is 0 Å². The van der Waals surface area contributed by atoms with Crippen molar-refractivity contribution in [3.63, 3.8) is 0 Å². The Balaban J connectivity index is 2.61. The first-order valence-corrected chi connectivity index (χ1v) is 7.84. The van der Waals surface area contributed by atoms with E-state index in [-0.39, 0.29) is 30.6 Å². The maximum atomic E-state index is 11.9. The Hall–Kier alpha value is -1.48. The van der Waals surface area contributed by atoms with Crippen molar-refractivity contribution in [1.82, 2.24) is 4.72 Å². The van der Waals surface area contributed by atoms with Crippen molar-refractivity contribution in [3.05, 3.63) is 35.4 Å². The minimum absolute atomic E-state index is 0.111. The summed E-state index contributed by atoms with van der Waals surface area (Å²) in [5.41, 5.74) is 0.622. The lowest BCUT2D eigenvalue weighted by Gasteiger charge is -2.15. The maximum absolute atomic E-state index is 11.9. The fourth-order valence-electron chi connectivity index (χ4n) is 1.63. The predicted octanol–water partition coefficient (Wildman–Crippen LogP) is 0.466. The second-order valence-electron chi connectivity index (χ2n) is 4.42. The lowest BCUT2D eigenvalue weighted by atomic mass is 10.1. The molecule has 0 fully saturated rings. The van der Waals surface area contributed by atoms with E-state index in [1.54, 1.807) is 0 Å². The molecule has 0 amide bonds. The smallest absolute Gasteiger partial charge is 0.335 e. The molecule has 0 aliphatic heterocycles. The lowest BCUT2D eigenvalue weighted by Crippen LogP contribution is -2.36. The van der Waals surface area contributed by atoms with Crippen LogP contribution in [0.4, 0.5) is 0 Å². The summed E-state index contributed by atoms with van der Waals surface area (Å²) in [6.07, 6.45) is -0.362. The molecule has 0 saturated carbocycles. The van der Waals surface area contributed by atoms with Gasteiger partial charge in [-0.15, -0.1) is 0 Å². The third-order valence-corrected chi connectivity index (χ3v) is 4.09. The van der Waals surface area contributed by atoms with Gasteiger partial charge in [-0.2, -0.15) is 0 Å². The topological polar surface area (TPSA) is 102 Å². The molecule has 0 heterocycles. The molecule has 0 aliphatic carbocycles. The molecule has 118 valence electrons. The molecule has 0 bridgehead atoms. The van der Waals surface area contributed by atoms with Gasteiger partial charge in [-0.25, -0.2) is 17.9 Å². The van der Waals surface area contributed by atoms with Crippen LogP contribution in [0, 0.1) is 0 Å². The molecule has 1 atom stereocenters. The third kappa shape index (κ3) is 6.21. The Morgan fingerprint density at radius 3 is 2.38 bits per heavy atom. The van der Waals surface area contributed by atoms with Crippen molar-refractivity contribution in [2.24, 2.45) is 0 Å². The van der Waals surface area contributed by atoms with Gasteiger partial charge in [0.15, 0.2) is 0 Å². The zero-order valence-electron chi connectivity index (χ0n) is 11.9. The normalized spacial score (nSPS) is 13.0. The molecule has 0 spiro atoms. The van der Waals surface area contributed by atoms with E-state index in [0.717, 1.165) is 0 Å². The van der Waals surface area contributed by atoms with Crippen LogP contribution in [0.3, 0.4) is 0 Å². The van der Waals surface area contributed by atoms with Crippen molar-refractivity contribution in [2.75, 3.05) is 27.4 Å². The van der Waals surface area contributed by atoms with Crippen molar-refractivity contribution in [3.8, 4) is 0 Å². The molecule has 2 N–H and O–H groups in total. The Morgan fingerprint density at radius 1 is 1.29 bits per heavy atom. The number of carboxylic acid groups (broad SMARTS) is 1. The number of hydrogen-bond donors (Lipinski definition) is 2. The number of carboxylic acids is 1. The average Bonchev–Trinajstić information content (AvgIpc) is 2.43. The quantitative estimate of drug-likeness (QED) is 0.686. The van der Waals surface area contributed by atoms with Crippen LogP contribution in [-0.2, 0) is 25.2 Å². The predicted molar refractivity (Wildman–Crippen MR) is 76.7 cm³/mol. The van der Waals surface area contributed by atoms with Gasteiger partial charge in [-0.05, 0) is 17.7 Å². The van der Waals surface area contributed by atoms with Crippen molar-refractivity contribution >= 4 is 16.0 Å². The number of benzene rings is 1. The number of nitrogens with one attached hydrogen (secondary N) is 1. The molecule has 8 heteroatoms. The highest BCUT2D eigenvalue weighted by Crippen LogP contribution is 2.08. The number of ether oxygens (including phenoxy) is 2. The van der Waals surface area contributed by atoms with E-state index in [0.29, 0.717) is 5.56 Å². The zero-order valence-corrected chi connectivity index (χ0v) is 12.7. The summed E-state index contributed by atoms with van der Waals surface area (Å²) >= 11 is 0. The molecule has 1 unspecified atom stereocenters. The minimum atomic E-state index is -3.52. The van der Waals surface area contributed by atoms with E-state index in [9.17, 15) is 13.2 Å².